The number of H-pyrrole nitrogens is 5. The van der Waals surface area contributed by atoms with Crippen molar-refractivity contribution in [2.45, 2.75) is 119 Å². The van der Waals surface area contributed by atoms with Crippen molar-refractivity contribution >= 4 is 114 Å². The molecule has 15 atom stereocenters. The Hall–Kier alpha value is -10.3. The molecule has 0 amide bonds. The average Bonchev–Trinajstić information content (AvgIpc) is 1.60. The standard InChI is InChI=1S/C21H25N5.C20H24N6.C16H20F3N5O2S.C15H18F3N5O2S.C15H21N5O2S/c1-25(21-19-7-8-22-20(19)23-14-24-21)18-9-16-12-26(13-17(16)10-18)11-15-5-3-2-4-6-15;1-25(20-18-4-6-22-19(18)23-13-24-20)17-7-15-11-26(12-16(15)8-17)10-14-3-2-5-21-9-14;1-23(15-13-2-3-20-14(13)21-9-22-15)12-4-10-6-24(7-11(10)5-12)27(25,26)8-16(17,18)19;1-22(14-12-2-3-19-13(12)20-8-21-14)11-4-9-6-23(7-10(9)5-11)26(24,25)15(16,17)18;1-19(15-13-3-4-16-14(13)17-9-18-15)12-5-10-7-20(23(2,21)22)8-11(10)6-12/h2-8,14,16-18H,9-13H2,1H3,(H,22,23,24);2-6,9,13,15-17H,7-8,10-12H2,1H3,(H,22,23,24);2-3,9-12H,4-8H2,1H3,(H,20,21,22);2-3,8-11H,4-7H2,1H3,(H,19,20,21);3-4,9-12H,5-8H2,1-2H3,(H,16,17,18)/t16-,17+,18?;15-,16+,17?;10-,11+,12?;9-,10+,11?;10-,11+,12?. The van der Waals surface area contributed by atoms with Crippen molar-refractivity contribution in [3.8, 4) is 0 Å². The van der Waals surface area contributed by atoms with Crippen LogP contribution in [0.15, 0.2) is 148 Å². The number of aromatic amines is 5. The van der Waals surface area contributed by atoms with Gasteiger partial charge in [0.15, 0.2) is 5.75 Å². The first-order chi connectivity index (χ1) is 61.3. The van der Waals surface area contributed by atoms with E-state index in [1.54, 1.807) is 35.7 Å². The molecule has 32 nitrogen and oxygen atoms in total. The molecule has 41 heteroatoms. The number of benzene rings is 1. The highest BCUT2D eigenvalue weighted by Crippen LogP contribution is 2.49. The number of hydrogen-bond donors (Lipinski definition) is 5. The first kappa shape index (κ1) is 88.3. The molecule has 0 bridgehead atoms. The lowest BCUT2D eigenvalue weighted by Gasteiger charge is -2.28. The summed E-state index contributed by atoms with van der Waals surface area (Å²) in [4.78, 5) is 79.6. The minimum absolute atomic E-state index is 0.0665. The predicted octanol–water partition coefficient (Wildman–Crippen LogP) is 11.0. The number of hydrogen-bond acceptors (Lipinski definition) is 24. The van der Waals surface area contributed by atoms with E-state index < -0.39 is 47.5 Å². The second kappa shape index (κ2) is 35.9. The quantitative estimate of drug-likeness (QED) is 0.0498. The third-order valence-corrected chi connectivity index (χ3v) is 33.6. The summed E-state index contributed by atoms with van der Waals surface area (Å²) in [6.45, 7) is 8.49. The van der Waals surface area contributed by atoms with E-state index in [1.165, 1.54) is 81.9 Å². The van der Waals surface area contributed by atoms with Crippen LogP contribution in [0.4, 0.5) is 55.4 Å². The van der Waals surface area contributed by atoms with Crippen molar-refractivity contribution in [1.29, 1.82) is 0 Å². The van der Waals surface area contributed by atoms with E-state index in [0.29, 0.717) is 60.2 Å². The summed E-state index contributed by atoms with van der Waals surface area (Å²) in [5, 5.41) is 5.06. The number of nitrogens with zero attached hydrogens (tertiary/aromatic N) is 21. The van der Waals surface area contributed by atoms with Gasteiger partial charge in [0, 0.05) is 187 Å². The van der Waals surface area contributed by atoms with Gasteiger partial charge in [0.2, 0.25) is 20.0 Å². The van der Waals surface area contributed by atoms with Crippen LogP contribution in [0.2, 0.25) is 0 Å². The fourth-order valence-corrected chi connectivity index (χ4v) is 26.0. The zero-order chi connectivity index (χ0) is 89.3. The van der Waals surface area contributed by atoms with Gasteiger partial charge in [-0.2, -0.15) is 30.6 Å². The molecule has 5 unspecified atom stereocenters. The molecule has 0 spiro atoms. The largest absolute Gasteiger partial charge is 0.511 e. The van der Waals surface area contributed by atoms with E-state index in [9.17, 15) is 51.6 Å². The molecule has 682 valence electrons. The number of halogens is 6. The second-order valence-electron chi connectivity index (χ2n) is 36.7. The van der Waals surface area contributed by atoms with Crippen molar-refractivity contribution in [3.63, 3.8) is 0 Å². The molecule has 1 aromatic carbocycles. The van der Waals surface area contributed by atoms with Crippen molar-refractivity contribution in [3.05, 3.63) is 159 Å². The topological polar surface area (TPSA) is 356 Å². The van der Waals surface area contributed by atoms with Crippen molar-refractivity contribution in [2.75, 3.05) is 137 Å². The van der Waals surface area contributed by atoms with Crippen LogP contribution >= 0.6 is 0 Å². The fraction of sp³-hybridized carbons (Fsp3) is 0.529. The van der Waals surface area contributed by atoms with Crippen LogP contribution in [0.5, 0.6) is 0 Å². The summed E-state index contributed by atoms with van der Waals surface area (Å²) in [6, 6.07) is 26.8. The maximum absolute atomic E-state index is 12.8. The van der Waals surface area contributed by atoms with Gasteiger partial charge in [0.05, 0.1) is 33.2 Å². The van der Waals surface area contributed by atoms with Crippen LogP contribution in [0, 0.1) is 59.2 Å². The molecule has 16 heterocycles. The summed E-state index contributed by atoms with van der Waals surface area (Å²) in [5.41, 5.74) is 1.67. The van der Waals surface area contributed by atoms with Gasteiger partial charge < -0.3 is 49.4 Å². The molecule has 5 aliphatic carbocycles. The van der Waals surface area contributed by atoms with Gasteiger partial charge in [0.1, 0.15) is 89.0 Å². The molecule has 12 aromatic rings. The number of anilines is 5. The highest BCUT2D eigenvalue weighted by Gasteiger charge is 2.56. The number of pyridine rings is 1. The van der Waals surface area contributed by atoms with Crippen LogP contribution in [0.1, 0.15) is 75.3 Å². The zero-order valence-corrected chi connectivity index (χ0v) is 74.6. The predicted molar refractivity (Wildman–Crippen MR) is 477 cm³/mol. The van der Waals surface area contributed by atoms with E-state index >= 15 is 0 Å². The Kier molecular flexibility index (Phi) is 24.8. The average molecular weight is 1820 g/mol. The van der Waals surface area contributed by atoms with E-state index in [4.69, 9.17) is 0 Å². The number of sulfonamides is 3. The first-order valence-electron chi connectivity index (χ1n) is 43.8. The molecule has 5 saturated carbocycles. The normalized spacial score (nSPS) is 26.6. The lowest BCUT2D eigenvalue weighted by Crippen LogP contribution is -2.40. The number of rotatable bonds is 18. The Morgan fingerprint density at radius 2 is 0.625 bits per heavy atom. The number of alkyl halides is 6. The van der Waals surface area contributed by atoms with Gasteiger partial charge in [-0.15, -0.1) is 0 Å². The minimum atomic E-state index is -5.23. The van der Waals surface area contributed by atoms with Crippen LogP contribution in [-0.2, 0) is 43.2 Å². The summed E-state index contributed by atoms with van der Waals surface area (Å²) in [6.07, 6.45) is 27.5. The van der Waals surface area contributed by atoms with Crippen molar-refractivity contribution in [1.82, 2.24) is 102 Å². The highest BCUT2D eigenvalue weighted by atomic mass is 32.2. The minimum Gasteiger partial charge on any atom is -0.356 e. The van der Waals surface area contributed by atoms with Crippen LogP contribution in [-0.4, -0.2) is 282 Å². The molecular formula is C87H108F6N26O6S3. The Bertz CT molecular complexity index is 6010. The summed E-state index contributed by atoms with van der Waals surface area (Å²) < 4.78 is 150. The second-order valence-corrected chi connectivity index (χ2v) is 42.6. The third kappa shape index (κ3) is 18.5. The molecule has 5 saturated heterocycles. The lowest BCUT2D eigenvalue weighted by molar-refractivity contribution is -0.107. The number of fused-ring (bicyclic) bond motifs is 10. The van der Waals surface area contributed by atoms with Crippen LogP contribution in [0.25, 0.3) is 55.2 Å². The van der Waals surface area contributed by atoms with Gasteiger partial charge in [-0.3, -0.25) is 14.8 Å². The molecule has 5 aliphatic heterocycles. The fourth-order valence-electron chi connectivity index (χ4n) is 22.5. The Morgan fingerprint density at radius 3 is 0.898 bits per heavy atom. The van der Waals surface area contributed by atoms with Crippen molar-refractivity contribution < 1.29 is 51.6 Å². The zero-order valence-electron chi connectivity index (χ0n) is 72.1. The molecule has 10 fully saturated rings. The molecule has 22 rings (SSSR count). The van der Waals surface area contributed by atoms with Crippen LogP contribution in [0.3, 0.4) is 0 Å². The first-order valence-corrected chi connectivity index (χ1v) is 48.7. The van der Waals surface area contributed by atoms with E-state index in [2.05, 4.69) is 179 Å². The Labute approximate surface area is 738 Å². The highest BCUT2D eigenvalue weighted by molar-refractivity contribution is 7.90. The van der Waals surface area contributed by atoms with E-state index in [1.807, 2.05) is 74.2 Å². The van der Waals surface area contributed by atoms with Gasteiger partial charge in [-0.25, -0.2) is 83.7 Å². The van der Waals surface area contributed by atoms with Crippen molar-refractivity contribution in [2.24, 2.45) is 59.2 Å². The molecule has 0 radical (unpaired) electrons. The summed E-state index contributed by atoms with van der Waals surface area (Å²) in [7, 11) is -2.28. The SMILES string of the molecule is CN(c1ncnc2[nH]ccc12)C1C[C@@H]2CN(Cc3ccccc3)C[C@@H]2C1.CN(c1ncnc2[nH]ccc12)C1C[C@@H]2CN(Cc3cccnc3)C[C@@H]2C1.CN(c1ncnc2[nH]ccc12)C1C[C@@H]2CN(S(=O)(=O)C(F)(F)F)C[C@@H]2C1.CN(c1ncnc2[nH]ccc12)C1C[C@@H]2CN(S(=O)(=O)CC(F)(F)F)C[C@@H]2C1.CN(c1ncnc2[nH]ccc12)C1C[C@@H]2CN(S(C)(=O)=O)C[C@@H]2C1. The van der Waals surface area contributed by atoms with E-state index in [-0.39, 0.29) is 61.9 Å². The molecular weight excluding hydrogens is 1720 g/mol. The number of nitrogens with one attached hydrogen (secondary N) is 5. The maximum atomic E-state index is 12.8. The third-order valence-electron chi connectivity index (χ3n) is 29.0. The summed E-state index contributed by atoms with van der Waals surface area (Å²) >= 11 is 0. The Balaban J connectivity index is 0.000000108. The number of aromatic nitrogens is 16. The monoisotopic (exact) mass is 1820 g/mol. The molecule has 10 aliphatic rings. The summed E-state index contributed by atoms with van der Waals surface area (Å²) in [5.74, 6) is 6.98. The molecule has 5 N–H and O–H groups in total. The Morgan fingerprint density at radius 1 is 0.352 bits per heavy atom. The van der Waals surface area contributed by atoms with Gasteiger partial charge in [0.25, 0.3) is 0 Å². The van der Waals surface area contributed by atoms with Gasteiger partial charge in [-0.05, 0) is 171 Å². The molecule has 128 heavy (non-hydrogen) atoms. The van der Waals surface area contributed by atoms with Crippen LogP contribution < -0.4 is 24.5 Å². The van der Waals surface area contributed by atoms with E-state index in [0.717, 1.165) is 151 Å². The maximum Gasteiger partial charge on any atom is 0.511 e. The smallest absolute Gasteiger partial charge is 0.356 e. The molecule has 11 aromatic heterocycles. The number of likely N-dealkylation sites (tertiary alicyclic amines) is 2. The van der Waals surface area contributed by atoms with Gasteiger partial charge in [-0.1, -0.05) is 36.4 Å². The van der Waals surface area contributed by atoms with Gasteiger partial charge >= 0.3 is 21.7 Å². The lowest BCUT2D eigenvalue weighted by atomic mass is 10.0.